The summed E-state index contributed by atoms with van der Waals surface area (Å²) in [5, 5.41) is 13.3. The Morgan fingerprint density at radius 2 is 1.87 bits per heavy atom. The van der Waals surface area contributed by atoms with Gasteiger partial charge in [-0.2, -0.15) is 0 Å². The summed E-state index contributed by atoms with van der Waals surface area (Å²) in [6.07, 6.45) is 2.44. The minimum absolute atomic E-state index is 0.156. The number of carbonyl (C=O) groups is 1. The van der Waals surface area contributed by atoms with Crippen LogP contribution < -0.4 is 5.32 Å². The van der Waals surface area contributed by atoms with Crippen LogP contribution in [0.25, 0.3) is 0 Å². The number of rotatable bonds is 2. The van der Waals surface area contributed by atoms with E-state index in [1.54, 1.807) is 35.4 Å². The highest BCUT2D eigenvalue weighted by molar-refractivity contribution is 5.89. The van der Waals surface area contributed by atoms with Crippen LogP contribution in [0, 0.1) is 5.82 Å². The van der Waals surface area contributed by atoms with Crippen molar-refractivity contribution >= 4 is 11.7 Å². The lowest BCUT2D eigenvalue weighted by molar-refractivity contribution is -0.0193. The molecule has 2 heterocycles. The summed E-state index contributed by atoms with van der Waals surface area (Å²) >= 11 is 0. The number of halogens is 1. The molecular weight excluding hydrogens is 297 g/mol. The number of hydrogen-bond donors (Lipinski definition) is 2. The van der Waals surface area contributed by atoms with Gasteiger partial charge in [-0.25, -0.2) is 9.18 Å². The molecule has 1 aromatic carbocycles. The summed E-state index contributed by atoms with van der Waals surface area (Å²) in [6.45, 7) is 0.765. The zero-order valence-electron chi connectivity index (χ0n) is 12.6. The Hall–Kier alpha value is -2.47. The zero-order valence-corrected chi connectivity index (χ0v) is 12.6. The van der Waals surface area contributed by atoms with E-state index in [1.165, 1.54) is 12.1 Å². The molecule has 3 rings (SSSR count). The number of aliphatic hydroxyl groups is 1. The normalized spacial score (nSPS) is 16.9. The topological polar surface area (TPSA) is 65.5 Å². The molecular formula is C17H18FN3O2. The maximum Gasteiger partial charge on any atom is 0.321 e. The molecule has 1 aliphatic rings. The van der Waals surface area contributed by atoms with Crippen LogP contribution in [0.1, 0.15) is 18.5 Å². The molecule has 5 nitrogen and oxygen atoms in total. The highest BCUT2D eigenvalue weighted by atomic mass is 19.1. The zero-order chi connectivity index (χ0) is 16.3. The summed E-state index contributed by atoms with van der Waals surface area (Å²) in [5.41, 5.74) is -0.243. The Kier molecular flexibility index (Phi) is 4.25. The first-order valence-electron chi connectivity index (χ1n) is 7.53. The third-order valence-corrected chi connectivity index (χ3v) is 4.13. The van der Waals surface area contributed by atoms with Crippen LogP contribution in [0.2, 0.25) is 0 Å². The van der Waals surface area contributed by atoms with Gasteiger partial charge in [0.05, 0.1) is 11.4 Å². The lowest BCUT2D eigenvalue weighted by Gasteiger charge is -2.37. The Morgan fingerprint density at radius 3 is 2.52 bits per heavy atom. The number of likely N-dealkylation sites (tertiary alicyclic amines) is 1. The highest BCUT2D eigenvalue weighted by Crippen LogP contribution is 2.31. The first-order valence-corrected chi connectivity index (χ1v) is 7.53. The number of nitrogens with one attached hydrogen (secondary N) is 1. The molecule has 2 amide bonds. The number of piperidine rings is 1. The molecule has 1 aromatic heterocycles. The largest absolute Gasteiger partial charge is 0.383 e. The molecule has 0 aliphatic carbocycles. The van der Waals surface area contributed by atoms with Crippen molar-refractivity contribution in [2.45, 2.75) is 18.4 Å². The summed E-state index contributed by atoms with van der Waals surface area (Å²) in [6, 6.07) is 11.1. The molecule has 23 heavy (non-hydrogen) atoms. The fourth-order valence-corrected chi connectivity index (χ4v) is 2.73. The Labute approximate surface area is 133 Å². The van der Waals surface area contributed by atoms with Crippen molar-refractivity contribution in [3.63, 3.8) is 0 Å². The standard InChI is InChI=1S/C17H18FN3O2/c18-13-5-1-2-6-14(13)20-16(22)21-11-8-17(23,9-12-21)15-7-3-4-10-19-15/h1-7,10,23H,8-9,11-12H2,(H,20,22). The van der Waals surface area contributed by atoms with E-state index in [0.717, 1.165) is 0 Å². The molecule has 2 N–H and O–H groups in total. The number of pyridine rings is 1. The second-order valence-corrected chi connectivity index (χ2v) is 5.64. The fourth-order valence-electron chi connectivity index (χ4n) is 2.73. The molecule has 120 valence electrons. The average molecular weight is 315 g/mol. The number of nitrogens with zero attached hydrogens (tertiary/aromatic N) is 2. The number of carbonyl (C=O) groups excluding carboxylic acids is 1. The molecule has 1 fully saturated rings. The number of amides is 2. The SMILES string of the molecule is O=C(Nc1ccccc1F)N1CCC(O)(c2ccccn2)CC1. The summed E-state index contributed by atoms with van der Waals surface area (Å²) in [5.74, 6) is -0.470. The molecule has 0 radical (unpaired) electrons. The Bertz CT molecular complexity index is 685. The van der Waals surface area contributed by atoms with E-state index in [0.29, 0.717) is 31.6 Å². The third-order valence-electron chi connectivity index (χ3n) is 4.13. The van der Waals surface area contributed by atoms with Crippen LogP contribution in [-0.4, -0.2) is 34.1 Å². The van der Waals surface area contributed by atoms with Gasteiger partial charge >= 0.3 is 6.03 Å². The van der Waals surface area contributed by atoms with Crippen LogP contribution >= 0.6 is 0 Å². The van der Waals surface area contributed by atoms with E-state index in [2.05, 4.69) is 10.3 Å². The van der Waals surface area contributed by atoms with E-state index < -0.39 is 11.4 Å². The van der Waals surface area contributed by atoms with E-state index >= 15 is 0 Å². The molecule has 0 spiro atoms. The van der Waals surface area contributed by atoms with Crippen molar-refractivity contribution in [1.82, 2.24) is 9.88 Å². The number of anilines is 1. The monoisotopic (exact) mass is 315 g/mol. The van der Waals surface area contributed by atoms with Crippen molar-refractivity contribution in [3.05, 3.63) is 60.2 Å². The lowest BCUT2D eigenvalue weighted by atomic mass is 9.88. The van der Waals surface area contributed by atoms with Crippen molar-refractivity contribution in [2.24, 2.45) is 0 Å². The minimum atomic E-state index is -1.02. The van der Waals surface area contributed by atoms with Gasteiger partial charge in [-0.1, -0.05) is 18.2 Å². The number of urea groups is 1. The van der Waals surface area contributed by atoms with Gasteiger partial charge in [0.2, 0.25) is 0 Å². The molecule has 0 atom stereocenters. The van der Waals surface area contributed by atoms with Crippen molar-refractivity contribution < 1.29 is 14.3 Å². The average Bonchev–Trinajstić information content (AvgIpc) is 2.58. The number of benzene rings is 1. The lowest BCUT2D eigenvalue weighted by Crippen LogP contribution is -2.47. The highest BCUT2D eigenvalue weighted by Gasteiger charge is 2.36. The van der Waals surface area contributed by atoms with Gasteiger partial charge in [-0.05, 0) is 37.1 Å². The molecule has 0 bridgehead atoms. The molecule has 2 aromatic rings. The van der Waals surface area contributed by atoms with E-state index in [4.69, 9.17) is 0 Å². The van der Waals surface area contributed by atoms with Crippen LogP contribution in [0.15, 0.2) is 48.7 Å². The van der Waals surface area contributed by atoms with Crippen LogP contribution in [0.5, 0.6) is 0 Å². The second-order valence-electron chi connectivity index (χ2n) is 5.64. The first kappa shape index (κ1) is 15.4. The summed E-state index contributed by atoms with van der Waals surface area (Å²) in [7, 11) is 0. The molecule has 1 saturated heterocycles. The van der Waals surface area contributed by atoms with Crippen molar-refractivity contribution in [2.75, 3.05) is 18.4 Å². The summed E-state index contributed by atoms with van der Waals surface area (Å²) in [4.78, 5) is 18.0. The minimum Gasteiger partial charge on any atom is -0.383 e. The van der Waals surface area contributed by atoms with E-state index in [9.17, 15) is 14.3 Å². The van der Waals surface area contributed by atoms with Crippen LogP contribution in [-0.2, 0) is 5.60 Å². The van der Waals surface area contributed by atoms with Crippen molar-refractivity contribution in [1.29, 1.82) is 0 Å². The maximum absolute atomic E-state index is 13.6. The fraction of sp³-hybridized carbons (Fsp3) is 0.294. The number of aromatic nitrogens is 1. The van der Waals surface area contributed by atoms with Gasteiger partial charge in [0.25, 0.3) is 0 Å². The smallest absolute Gasteiger partial charge is 0.321 e. The van der Waals surface area contributed by atoms with E-state index in [1.807, 2.05) is 6.07 Å². The predicted octanol–water partition coefficient (Wildman–Crippen LogP) is 2.74. The molecule has 0 saturated carbocycles. The van der Waals surface area contributed by atoms with E-state index in [-0.39, 0.29) is 11.7 Å². The molecule has 0 unspecified atom stereocenters. The van der Waals surface area contributed by atoms with Gasteiger partial charge in [0.1, 0.15) is 11.4 Å². The maximum atomic E-state index is 13.6. The number of hydrogen-bond acceptors (Lipinski definition) is 3. The Balaban J connectivity index is 1.63. The number of para-hydroxylation sites is 1. The van der Waals surface area contributed by atoms with Gasteiger partial charge in [-0.15, -0.1) is 0 Å². The Morgan fingerprint density at radius 1 is 1.17 bits per heavy atom. The van der Waals surface area contributed by atoms with Gasteiger partial charge in [0.15, 0.2) is 0 Å². The molecule has 1 aliphatic heterocycles. The predicted molar refractivity (Wildman–Crippen MR) is 84.4 cm³/mol. The van der Waals surface area contributed by atoms with Gasteiger partial charge in [0, 0.05) is 19.3 Å². The van der Waals surface area contributed by atoms with Gasteiger partial charge < -0.3 is 15.3 Å². The molecule has 6 heteroatoms. The summed E-state index contributed by atoms with van der Waals surface area (Å²) < 4.78 is 13.6. The van der Waals surface area contributed by atoms with Crippen molar-refractivity contribution in [3.8, 4) is 0 Å². The first-order chi connectivity index (χ1) is 11.1. The third kappa shape index (κ3) is 3.32. The van der Waals surface area contributed by atoms with Crippen LogP contribution in [0.3, 0.4) is 0 Å². The van der Waals surface area contributed by atoms with Crippen LogP contribution in [0.4, 0.5) is 14.9 Å². The van der Waals surface area contributed by atoms with Gasteiger partial charge in [-0.3, -0.25) is 4.98 Å². The second kappa shape index (κ2) is 6.34. The quantitative estimate of drug-likeness (QED) is 0.895.